The Bertz CT molecular complexity index is 146. The van der Waals surface area contributed by atoms with Crippen LogP contribution in [0.1, 0.15) is 34.1 Å². The monoisotopic (exact) mass is 140 g/mol. The third kappa shape index (κ3) is 4.40. The van der Waals surface area contributed by atoms with Gasteiger partial charge in [-0.25, -0.2) is 0 Å². The lowest BCUT2D eigenvalue weighted by Gasteiger charge is -2.12. The minimum Gasteiger partial charge on any atom is -0.378 e. The Morgan fingerprint density at radius 1 is 1.50 bits per heavy atom. The van der Waals surface area contributed by atoms with E-state index in [0.717, 1.165) is 0 Å². The van der Waals surface area contributed by atoms with Gasteiger partial charge in [0, 0.05) is 5.92 Å². The van der Waals surface area contributed by atoms with Crippen LogP contribution in [0.3, 0.4) is 0 Å². The normalized spacial score (nSPS) is 15.8. The number of hydrogen-bond donors (Lipinski definition) is 1. The van der Waals surface area contributed by atoms with Gasteiger partial charge in [0.1, 0.15) is 5.60 Å². The molecule has 0 aromatic carbocycles. The van der Waals surface area contributed by atoms with Crippen molar-refractivity contribution in [3.05, 3.63) is 0 Å². The van der Waals surface area contributed by atoms with Crippen molar-refractivity contribution < 1.29 is 5.11 Å². The summed E-state index contributed by atoms with van der Waals surface area (Å²) >= 11 is 0. The van der Waals surface area contributed by atoms with Gasteiger partial charge in [0.05, 0.1) is 0 Å². The van der Waals surface area contributed by atoms with Crippen molar-refractivity contribution in [3.8, 4) is 11.8 Å². The average Bonchev–Trinajstić information content (AvgIpc) is 1.85. The molecule has 0 fully saturated rings. The lowest BCUT2D eigenvalue weighted by Crippen LogP contribution is -2.19. The van der Waals surface area contributed by atoms with Gasteiger partial charge in [-0.15, -0.1) is 0 Å². The summed E-state index contributed by atoms with van der Waals surface area (Å²) in [5.41, 5.74) is -0.787. The number of hydrogen-bond acceptors (Lipinski definition) is 1. The lowest BCUT2D eigenvalue weighted by atomic mass is 10.0. The van der Waals surface area contributed by atoms with Gasteiger partial charge in [0.25, 0.3) is 0 Å². The van der Waals surface area contributed by atoms with E-state index in [1.807, 2.05) is 20.8 Å². The van der Waals surface area contributed by atoms with Crippen LogP contribution in [0.25, 0.3) is 0 Å². The van der Waals surface area contributed by atoms with Crippen molar-refractivity contribution in [2.45, 2.75) is 39.7 Å². The maximum Gasteiger partial charge on any atom is 0.122 e. The molecule has 1 atom stereocenters. The van der Waals surface area contributed by atoms with E-state index < -0.39 is 5.60 Å². The van der Waals surface area contributed by atoms with E-state index in [0.29, 0.717) is 12.3 Å². The zero-order chi connectivity index (χ0) is 8.20. The zero-order valence-corrected chi connectivity index (χ0v) is 7.23. The Morgan fingerprint density at radius 2 is 2.00 bits per heavy atom. The number of rotatable bonds is 1. The second-order valence-corrected chi connectivity index (χ2v) is 3.05. The molecule has 0 radical (unpaired) electrons. The molecule has 0 spiro atoms. The molecule has 0 heterocycles. The summed E-state index contributed by atoms with van der Waals surface area (Å²) in [7, 11) is 0. The van der Waals surface area contributed by atoms with Crippen LogP contribution in [-0.2, 0) is 0 Å². The smallest absolute Gasteiger partial charge is 0.122 e. The fraction of sp³-hybridized carbons (Fsp3) is 0.778. The molecule has 58 valence electrons. The summed E-state index contributed by atoms with van der Waals surface area (Å²) in [5.74, 6) is 6.10. The van der Waals surface area contributed by atoms with E-state index in [2.05, 4.69) is 11.8 Å². The molecule has 0 aromatic rings. The van der Waals surface area contributed by atoms with Crippen molar-refractivity contribution >= 4 is 0 Å². The van der Waals surface area contributed by atoms with Crippen molar-refractivity contribution in [2.75, 3.05) is 0 Å². The lowest BCUT2D eigenvalue weighted by molar-refractivity contribution is 0.118. The van der Waals surface area contributed by atoms with Gasteiger partial charge in [0.2, 0.25) is 0 Å². The second kappa shape index (κ2) is 3.63. The summed E-state index contributed by atoms with van der Waals surface area (Å²) in [6.07, 6.45) is 0.687. The second-order valence-electron chi connectivity index (χ2n) is 3.05. The fourth-order valence-electron chi connectivity index (χ4n) is 0.388. The van der Waals surface area contributed by atoms with Crippen LogP contribution in [0.2, 0.25) is 0 Å². The van der Waals surface area contributed by atoms with Gasteiger partial charge in [-0.3, -0.25) is 0 Å². The summed E-state index contributed by atoms with van der Waals surface area (Å²) in [6.45, 7) is 7.69. The van der Waals surface area contributed by atoms with E-state index in [1.165, 1.54) is 0 Å². The largest absolute Gasteiger partial charge is 0.378 e. The van der Waals surface area contributed by atoms with E-state index in [1.54, 1.807) is 6.92 Å². The molecular weight excluding hydrogens is 124 g/mol. The molecule has 0 rings (SSSR count). The standard InChI is InChI=1S/C9H16O/c1-5-9(4,10)7-6-8(2)3/h8,10H,5H2,1-4H3. The van der Waals surface area contributed by atoms with Crippen LogP contribution in [0.15, 0.2) is 0 Å². The van der Waals surface area contributed by atoms with Crippen LogP contribution in [0.5, 0.6) is 0 Å². The summed E-state index contributed by atoms with van der Waals surface area (Å²) in [5, 5.41) is 9.40. The van der Waals surface area contributed by atoms with Crippen molar-refractivity contribution in [1.29, 1.82) is 0 Å². The first kappa shape index (κ1) is 9.52. The van der Waals surface area contributed by atoms with Gasteiger partial charge >= 0.3 is 0 Å². The van der Waals surface area contributed by atoms with Gasteiger partial charge in [-0.1, -0.05) is 32.6 Å². The van der Waals surface area contributed by atoms with Crippen LogP contribution in [0, 0.1) is 17.8 Å². The van der Waals surface area contributed by atoms with Crippen LogP contribution < -0.4 is 0 Å². The molecule has 0 saturated heterocycles. The van der Waals surface area contributed by atoms with Gasteiger partial charge < -0.3 is 5.11 Å². The molecule has 10 heavy (non-hydrogen) atoms. The molecule has 1 nitrogen and oxygen atoms in total. The maximum absolute atomic E-state index is 9.40. The first-order valence-corrected chi connectivity index (χ1v) is 3.73. The quantitative estimate of drug-likeness (QED) is 0.551. The maximum atomic E-state index is 9.40. The minimum absolute atomic E-state index is 0.345. The van der Waals surface area contributed by atoms with Crippen molar-refractivity contribution in [2.24, 2.45) is 5.92 Å². The van der Waals surface area contributed by atoms with Crippen LogP contribution in [-0.4, -0.2) is 10.7 Å². The van der Waals surface area contributed by atoms with E-state index in [9.17, 15) is 5.11 Å². The number of aliphatic hydroxyl groups is 1. The van der Waals surface area contributed by atoms with Gasteiger partial charge in [-0.2, -0.15) is 0 Å². The molecule has 0 aliphatic heterocycles. The van der Waals surface area contributed by atoms with E-state index in [-0.39, 0.29) is 0 Å². The highest BCUT2D eigenvalue weighted by Crippen LogP contribution is 2.05. The predicted molar refractivity (Wildman–Crippen MR) is 43.5 cm³/mol. The molecule has 0 aromatic heterocycles. The molecule has 0 amide bonds. The van der Waals surface area contributed by atoms with E-state index >= 15 is 0 Å². The summed E-state index contributed by atoms with van der Waals surface area (Å²) < 4.78 is 0. The third-order valence-corrected chi connectivity index (χ3v) is 1.32. The molecule has 0 bridgehead atoms. The molecular formula is C9H16O. The Morgan fingerprint density at radius 3 is 2.30 bits per heavy atom. The first-order valence-electron chi connectivity index (χ1n) is 3.73. The minimum atomic E-state index is -0.787. The SMILES string of the molecule is CCC(C)(O)C#CC(C)C. The predicted octanol–water partition coefficient (Wildman–Crippen LogP) is 1.81. The third-order valence-electron chi connectivity index (χ3n) is 1.32. The first-order chi connectivity index (χ1) is 4.48. The van der Waals surface area contributed by atoms with Crippen molar-refractivity contribution in [3.63, 3.8) is 0 Å². The molecule has 0 aliphatic rings. The molecule has 0 aliphatic carbocycles. The Kier molecular flexibility index (Phi) is 3.46. The fourth-order valence-corrected chi connectivity index (χ4v) is 0.388. The zero-order valence-electron chi connectivity index (χ0n) is 7.23. The Hall–Kier alpha value is -0.480. The molecule has 1 heteroatoms. The van der Waals surface area contributed by atoms with Crippen LogP contribution in [0.4, 0.5) is 0 Å². The molecule has 1 N–H and O–H groups in total. The highest BCUT2D eigenvalue weighted by Gasteiger charge is 2.11. The Labute approximate surface area is 63.5 Å². The Balaban J connectivity index is 4.02. The van der Waals surface area contributed by atoms with Gasteiger partial charge in [-0.05, 0) is 13.3 Å². The van der Waals surface area contributed by atoms with E-state index in [4.69, 9.17) is 0 Å². The van der Waals surface area contributed by atoms with Crippen molar-refractivity contribution in [1.82, 2.24) is 0 Å². The van der Waals surface area contributed by atoms with Crippen LogP contribution >= 0.6 is 0 Å². The summed E-state index contributed by atoms with van der Waals surface area (Å²) in [4.78, 5) is 0. The highest BCUT2D eigenvalue weighted by molar-refractivity contribution is 5.12. The topological polar surface area (TPSA) is 20.2 Å². The molecule has 0 saturated carbocycles. The molecule has 1 unspecified atom stereocenters. The van der Waals surface area contributed by atoms with Gasteiger partial charge in [0.15, 0.2) is 0 Å². The summed E-state index contributed by atoms with van der Waals surface area (Å²) in [6, 6.07) is 0. The average molecular weight is 140 g/mol. The highest BCUT2D eigenvalue weighted by atomic mass is 16.3.